The molecule has 0 atom stereocenters. The van der Waals surface area contributed by atoms with Gasteiger partial charge in [-0.05, 0) is 12.1 Å². The molecule has 0 saturated heterocycles. The van der Waals surface area contributed by atoms with Crippen molar-refractivity contribution in [1.29, 1.82) is 0 Å². The molecule has 0 amide bonds. The van der Waals surface area contributed by atoms with Crippen molar-refractivity contribution in [2.24, 2.45) is 0 Å². The maximum absolute atomic E-state index is 12.1. The Morgan fingerprint density at radius 1 is 1.31 bits per heavy atom. The highest BCUT2D eigenvalue weighted by Gasteiger charge is 2.31. The van der Waals surface area contributed by atoms with Gasteiger partial charge in [-0.15, -0.1) is 18.3 Å². The molecule has 0 aliphatic carbocycles. The minimum Gasteiger partial charge on any atom is -0.235 e. The van der Waals surface area contributed by atoms with Gasteiger partial charge in [-0.3, -0.25) is 0 Å². The van der Waals surface area contributed by atoms with E-state index in [1.54, 1.807) is 6.07 Å². The largest absolute Gasteiger partial charge is 0.504 e. The van der Waals surface area contributed by atoms with Crippen LogP contribution in [0.2, 0.25) is 0 Å². The van der Waals surface area contributed by atoms with Gasteiger partial charge >= 0.3 is 6.30 Å². The zero-order valence-electron chi connectivity index (χ0n) is 6.28. The van der Waals surface area contributed by atoms with E-state index < -0.39 is 6.30 Å². The van der Waals surface area contributed by atoms with Crippen LogP contribution in [0.1, 0.15) is 0 Å². The Labute approximate surface area is 70.8 Å². The lowest BCUT2D eigenvalue weighted by Gasteiger charge is -2.03. The summed E-state index contributed by atoms with van der Waals surface area (Å²) in [5.74, 6) is 0. The van der Waals surface area contributed by atoms with Gasteiger partial charge in [-0.1, -0.05) is 0 Å². The van der Waals surface area contributed by atoms with Gasteiger partial charge in [0.25, 0.3) is 0 Å². The molecule has 0 fully saturated rings. The Bertz CT molecular complexity index is 399. The van der Waals surface area contributed by atoms with Crippen molar-refractivity contribution >= 4 is 11.0 Å². The fraction of sp³-hybridized carbons (Fsp3) is 0.143. The first-order chi connectivity index (χ1) is 6.07. The van der Waals surface area contributed by atoms with E-state index in [1.165, 1.54) is 12.3 Å². The van der Waals surface area contributed by atoms with Crippen molar-refractivity contribution in [1.82, 2.24) is 14.8 Å². The Kier molecular flexibility index (Phi) is 1.51. The van der Waals surface area contributed by atoms with Gasteiger partial charge < -0.3 is 0 Å². The Balaban J connectivity index is 2.63. The quantitative estimate of drug-likeness (QED) is 0.630. The molecule has 0 bridgehead atoms. The van der Waals surface area contributed by atoms with Crippen molar-refractivity contribution in [3.05, 3.63) is 24.5 Å². The van der Waals surface area contributed by atoms with Gasteiger partial charge in [-0.25, -0.2) is 4.98 Å². The van der Waals surface area contributed by atoms with E-state index in [1.807, 2.05) is 0 Å². The number of fused-ring (bicyclic) bond motifs is 1. The maximum Gasteiger partial charge on any atom is 0.504 e. The first-order valence-corrected chi connectivity index (χ1v) is 3.45. The lowest BCUT2D eigenvalue weighted by Crippen LogP contribution is -2.16. The van der Waals surface area contributed by atoms with E-state index in [2.05, 4.69) is 10.1 Å². The number of halogens is 3. The van der Waals surface area contributed by atoms with Crippen LogP contribution in [0.25, 0.3) is 11.0 Å². The molecule has 6 heteroatoms. The molecule has 0 aliphatic heterocycles. The van der Waals surface area contributed by atoms with Crippen molar-refractivity contribution in [3.63, 3.8) is 0 Å². The van der Waals surface area contributed by atoms with Crippen LogP contribution in [0.4, 0.5) is 13.2 Å². The summed E-state index contributed by atoms with van der Waals surface area (Å²) in [7, 11) is 0. The molecule has 2 aromatic rings. The van der Waals surface area contributed by atoms with Crippen molar-refractivity contribution in [2.45, 2.75) is 6.30 Å². The van der Waals surface area contributed by atoms with Crippen LogP contribution < -0.4 is 0 Å². The number of aromatic nitrogens is 3. The predicted molar refractivity (Wildman–Crippen MR) is 38.8 cm³/mol. The van der Waals surface area contributed by atoms with Crippen molar-refractivity contribution in [2.75, 3.05) is 0 Å². The molecule has 0 radical (unpaired) electrons. The molecule has 13 heavy (non-hydrogen) atoms. The van der Waals surface area contributed by atoms with E-state index in [0.717, 1.165) is 6.20 Å². The third kappa shape index (κ3) is 1.34. The lowest BCUT2D eigenvalue weighted by atomic mass is 10.4. The summed E-state index contributed by atoms with van der Waals surface area (Å²) in [5, 5.41) is 3.64. The summed E-state index contributed by atoms with van der Waals surface area (Å²) in [6, 6.07) is 3.09. The summed E-state index contributed by atoms with van der Waals surface area (Å²) in [4.78, 5) is 3.68. The van der Waals surface area contributed by atoms with E-state index in [4.69, 9.17) is 0 Å². The molecule has 3 nitrogen and oxygen atoms in total. The van der Waals surface area contributed by atoms with Crippen molar-refractivity contribution in [3.8, 4) is 0 Å². The fourth-order valence-electron chi connectivity index (χ4n) is 0.986. The number of nitrogens with zero attached hydrogens (tertiary/aromatic N) is 3. The van der Waals surface area contributed by atoms with E-state index in [0.29, 0.717) is 5.39 Å². The second-order valence-electron chi connectivity index (χ2n) is 2.46. The second kappa shape index (κ2) is 2.45. The summed E-state index contributed by atoms with van der Waals surface area (Å²) in [6.45, 7) is 0. The molecule has 68 valence electrons. The van der Waals surface area contributed by atoms with Crippen LogP contribution in [0.5, 0.6) is 0 Å². The molecule has 0 saturated carbocycles. The van der Waals surface area contributed by atoms with Crippen LogP contribution in [0.3, 0.4) is 0 Å². The van der Waals surface area contributed by atoms with Crippen LogP contribution in [0, 0.1) is 0 Å². The number of rotatable bonds is 0. The van der Waals surface area contributed by atoms with Crippen LogP contribution in [-0.2, 0) is 6.30 Å². The molecule has 2 aromatic heterocycles. The molecule has 2 rings (SSSR count). The standard InChI is InChI=1S/C7H4F3N3/c8-7(9,10)13-4-5-2-1-3-11-6(5)12-13/h1-4H. The first kappa shape index (κ1) is 8.03. The zero-order chi connectivity index (χ0) is 9.47. The lowest BCUT2D eigenvalue weighted by molar-refractivity contribution is -0.211. The highest BCUT2D eigenvalue weighted by Crippen LogP contribution is 2.22. The topological polar surface area (TPSA) is 30.7 Å². The van der Waals surface area contributed by atoms with Gasteiger partial charge in [0.05, 0.1) is 0 Å². The number of hydrogen-bond donors (Lipinski definition) is 0. The van der Waals surface area contributed by atoms with Crippen LogP contribution in [-0.4, -0.2) is 14.8 Å². The average molecular weight is 187 g/mol. The molecule has 2 heterocycles. The fourth-order valence-corrected chi connectivity index (χ4v) is 0.986. The number of pyridine rings is 1. The Morgan fingerprint density at radius 3 is 2.69 bits per heavy atom. The molecule has 0 aliphatic rings. The predicted octanol–water partition coefficient (Wildman–Crippen LogP) is 1.91. The molecule has 0 N–H and O–H groups in total. The van der Waals surface area contributed by atoms with Gasteiger partial charge in [0, 0.05) is 17.8 Å². The normalized spacial score (nSPS) is 12.2. The van der Waals surface area contributed by atoms with Crippen molar-refractivity contribution < 1.29 is 13.2 Å². The van der Waals surface area contributed by atoms with E-state index in [9.17, 15) is 13.2 Å². The molecule has 0 unspecified atom stereocenters. The third-order valence-corrected chi connectivity index (χ3v) is 1.54. The second-order valence-corrected chi connectivity index (χ2v) is 2.46. The average Bonchev–Trinajstić information content (AvgIpc) is 2.45. The minimum atomic E-state index is -4.47. The molecule has 0 aromatic carbocycles. The highest BCUT2D eigenvalue weighted by molar-refractivity contribution is 5.73. The summed E-state index contributed by atoms with van der Waals surface area (Å²) in [6.07, 6.45) is -2.17. The van der Waals surface area contributed by atoms with Gasteiger partial charge in [0.2, 0.25) is 0 Å². The minimum absolute atomic E-state index is 0.0509. The monoisotopic (exact) mass is 187 g/mol. The summed E-state index contributed by atoms with van der Waals surface area (Å²) >= 11 is 0. The summed E-state index contributed by atoms with van der Waals surface area (Å²) in [5.41, 5.74) is 0.0971. The number of alkyl halides is 3. The van der Waals surface area contributed by atoms with E-state index >= 15 is 0 Å². The molecular formula is C7H4F3N3. The highest BCUT2D eigenvalue weighted by atomic mass is 19.4. The van der Waals surface area contributed by atoms with Gasteiger partial charge in [-0.2, -0.15) is 4.68 Å². The third-order valence-electron chi connectivity index (χ3n) is 1.54. The van der Waals surface area contributed by atoms with E-state index in [-0.39, 0.29) is 10.3 Å². The van der Waals surface area contributed by atoms with Gasteiger partial charge in [0.15, 0.2) is 5.65 Å². The smallest absolute Gasteiger partial charge is 0.235 e. The van der Waals surface area contributed by atoms with Crippen LogP contribution >= 0.6 is 0 Å². The molecular weight excluding hydrogens is 183 g/mol. The SMILES string of the molecule is FC(F)(F)n1cc2cccnc2n1. The molecule has 0 spiro atoms. The maximum atomic E-state index is 12.1. The summed E-state index contributed by atoms with van der Waals surface area (Å²) < 4.78 is 36.2. The Morgan fingerprint density at radius 2 is 2.08 bits per heavy atom. The number of hydrogen-bond acceptors (Lipinski definition) is 2. The van der Waals surface area contributed by atoms with Gasteiger partial charge in [0.1, 0.15) is 0 Å². The van der Waals surface area contributed by atoms with Crippen LogP contribution in [0.15, 0.2) is 24.5 Å². The Hall–Kier alpha value is -1.59. The zero-order valence-corrected chi connectivity index (χ0v) is 6.28. The first-order valence-electron chi connectivity index (χ1n) is 3.45.